The van der Waals surface area contributed by atoms with Crippen LogP contribution in [0.15, 0.2) is 127 Å². The summed E-state index contributed by atoms with van der Waals surface area (Å²) in [6.45, 7) is 49.9. The number of hydrogen-bond acceptors (Lipinski definition) is 16. The summed E-state index contributed by atoms with van der Waals surface area (Å²) in [5, 5.41) is 18.6. The van der Waals surface area contributed by atoms with Crippen molar-refractivity contribution >= 4 is 77.3 Å². The Morgan fingerprint density at radius 3 is 1.09 bits per heavy atom. The molecule has 7 aliphatic rings. The molecular formula is C107H141ClF3N7O17. The summed E-state index contributed by atoms with van der Waals surface area (Å²) in [6.07, 6.45) is 3.91. The molecule has 24 nitrogen and oxygen atoms in total. The molecule has 0 bridgehead atoms. The van der Waals surface area contributed by atoms with E-state index in [2.05, 4.69) is 74.4 Å². The summed E-state index contributed by atoms with van der Waals surface area (Å²) < 4.78 is 62.0. The maximum absolute atomic E-state index is 13.7. The van der Waals surface area contributed by atoms with Gasteiger partial charge in [-0.2, -0.15) is 0 Å². The number of morpholine rings is 4. The van der Waals surface area contributed by atoms with Crippen LogP contribution in [-0.4, -0.2) is 260 Å². The highest BCUT2D eigenvalue weighted by atomic mass is 35.5. The van der Waals surface area contributed by atoms with Crippen LogP contribution in [0.4, 0.5) is 13.2 Å². The van der Waals surface area contributed by atoms with Crippen molar-refractivity contribution in [1.29, 1.82) is 0 Å². The molecule has 28 heteroatoms. The van der Waals surface area contributed by atoms with E-state index in [0.717, 1.165) is 56.5 Å². The standard InChI is InChI=1S/C16H20FNO3.C16H20FNO2.C15H18FNO3.3C15H21NO2.C14H18ClNO2.CH2O/c1-10(2)11-6-12(8-13(17)7-11)16(21)18-5-3-4-14(18)15(20)9-19;1-10(2)12-7-13(9-14(17)8-12)16(20)18-6-4-5-15(18)11(3)19;1-9(2)10-6-11(8-12(16)7-10)14(18)17-5-3-4-13(17)15(19)20;1-11(2)13-8-12(3)9-14(10-13)15(17)16-4-6-18-7-5-16;1-11(2)14-10-13(5-4-12(14)3)15(17)16-6-8-18-9-7-16;1-11(2)13-5-4-6-14(12(13)3)15(17)16-7-9-18-10-8-16;1-10(2)11-3-4-12(13(15)9-11)14(17)16-5-7-18-8-6-16;1-2/h6-8,10,14,19H,3-5,9H2,1-2H3;7-10,15H,4-6H2,1-3H3;6-9,13H,3-5H2,1-2H3,(H,19,20);8-11H,4-7H2,1-3H3;4-5,10-11H,6-9H2,1-3H3;4-6,11H,7-10H2,1-3H3;3-4,9-10H,5-8H2,1-2H3;1H2. The van der Waals surface area contributed by atoms with Gasteiger partial charge in [0.25, 0.3) is 41.4 Å². The summed E-state index contributed by atoms with van der Waals surface area (Å²) in [7, 11) is 0. The molecule has 0 aliphatic carbocycles. The molecule has 0 radical (unpaired) electrons. The number of carboxylic acids is 1. The number of amides is 7. The zero-order chi connectivity index (χ0) is 99.8. The molecule has 7 heterocycles. The lowest BCUT2D eigenvalue weighted by molar-refractivity contribution is -0.141. The maximum atomic E-state index is 13.7. The minimum atomic E-state index is -1.00. The van der Waals surface area contributed by atoms with Crippen LogP contribution in [0.5, 0.6) is 0 Å². The molecule has 7 saturated heterocycles. The number of aliphatic carboxylic acids is 1. The predicted molar refractivity (Wildman–Crippen MR) is 519 cm³/mol. The first kappa shape index (κ1) is 111. The second-order valence-electron chi connectivity index (χ2n) is 37.0. The van der Waals surface area contributed by atoms with E-state index in [4.69, 9.17) is 45.6 Å². The largest absolute Gasteiger partial charge is 0.480 e. The molecule has 3 unspecified atom stereocenters. The number of benzene rings is 7. The molecule has 7 aromatic rings. The molecule has 2 N–H and O–H groups in total. The van der Waals surface area contributed by atoms with Gasteiger partial charge in [0.1, 0.15) is 36.9 Å². The monoisotopic (exact) mass is 1890 g/mol. The summed E-state index contributed by atoms with van der Waals surface area (Å²) in [6, 6.07) is 35.1. The number of ketones is 2. The molecule has 3 atom stereocenters. The van der Waals surface area contributed by atoms with Crippen molar-refractivity contribution in [2.24, 2.45) is 0 Å². The second kappa shape index (κ2) is 54.2. The lowest BCUT2D eigenvalue weighted by Crippen LogP contribution is -2.41. The highest BCUT2D eigenvalue weighted by molar-refractivity contribution is 6.34. The lowest BCUT2D eigenvalue weighted by Gasteiger charge is -2.28. The topological polar surface area (TPSA) is 288 Å². The van der Waals surface area contributed by atoms with Gasteiger partial charge >= 0.3 is 5.97 Å². The fraction of sp³-hybridized carbons (Fsp3) is 0.505. The molecule has 135 heavy (non-hydrogen) atoms. The third-order valence-corrected chi connectivity index (χ3v) is 25.1. The van der Waals surface area contributed by atoms with Crippen LogP contribution < -0.4 is 0 Å². The van der Waals surface area contributed by atoms with E-state index >= 15 is 0 Å². The number of likely N-dealkylation sites (tertiary alicyclic amines) is 3. The van der Waals surface area contributed by atoms with E-state index in [1.807, 2.05) is 138 Å². The number of halogens is 4. The minimum absolute atomic E-state index is 0.00129. The van der Waals surface area contributed by atoms with Gasteiger partial charge in [0.15, 0.2) is 11.6 Å². The van der Waals surface area contributed by atoms with Crippen molar-refractivity contribution in [3.63, 3.8) is 0 Å². The second-order valence-corrected chi connectivity index (χ2v) is 37.4. The Kier molecular flexibility index (Phi) is 44.7. The predicted octanol–water partition coefficient (Wildman–Crippen LogP) is 18.4. The quantitative estimate of drug-likeness (QED) is 0.0807. The van der Waals surface area contributed by atoms with Crippen LogP contribution in [0, 0.1) is 38.2 Å². The summed E-state index contributed by atoms with van der Waals surface area (Å²) in [4.78, 5) is 141. The maximum Gasteiger partial charge on any atom is 0.326 e. The molecule has 0 aromatic heterocycles. The molecule has 7 aliphatic heterocycles. The highest BCUT2D eigenvalue weighted by Gasteiger charge is 2.38. The van der Waals surface area contributed by atoms with Gasteiger partial charge in [-0.15, -0.1) is 0 Å². The molecule has 7 amide bonds. The van der Waals surface area contributed by atoms with Crippen molar-refractivity contribution in [1.82, 2.24) is 34.3 Å². The van der Waals surface area contributed by atoms with Crippen LogP contribution >= 0.6 is 11.6 Å². The Hall–Kier alpha value is -10.8. The Morgan fingerprint density at radius 1 is 0.370 bits per heavy atom. The zero-order valence-electron chi connectivity index (χ0n) is 82.2. The van der Waals surface area contributed by atoms with Crippen LogP contribution in [0.2, 0.25) is 5.02 Å². The van der Waals surface area contributed by atoms with Gasteiger partial charge in [-0.3, -0.25) is 43.2 Å². The van der Waals surface area contributed by atoms with E-state index in [1.165, 1.54) is 75.4 Å². The highest BCUT2D eigenvalue weighted by Crippen LogP contribution is 2.32. The normalized spacial score (nSPS) is 17.0. The zero-order valence-corrected chi connectivity index (χ0v) is 82.9. The summed E-state index contributed by atoms with van der Waals surface area (Å²) in [5.74, 6) is -1.18. The molecule has 14 rings (SSSR count). The minimum Gasteiger partial charge on any atom is -0.480 e. The number of nitrogens with zero attached hydrogens (tertiary/aromatic N) is 7. The molecule has 734 valence electrons. The number of carbonyl (C=O) groups is 11. The first-order valence-corrected chi connectivity index (χ1v) is 47.6. The fourth-order valence-electron chi connectivity index (χ4n) is 16.9. The van der Waals surface area contributed by atoms with E-state index < -0.39 is 48.0 Å². The Morgan fingerprint density at radius 2 is 0.719 bits per heavy atom. The third-order valence-electron chi connectivity index (χ3n) is 24.8. The Balaban J connectivity index is 0.000000214. The first-order valence-electron chi connectivity index (χ1n) is 47.2. The van der Waals surface area contributed by atoms with Gasteiger partial charge in [-0.05, 0) is 255 Å². The fourth-order valence-corrected chi connectivity index (χ4v) is 17.1. The van der Waals surface area contributed by atoms with Crippen LogP contribution in [0.1, 0.15) is 312 Å². The van der Waals surface area contributed by atoms with E-state index in [1.54, 1.807) is 28.0 Å². The number of carboxylic acid groups (broad SMARTS) is 1. The van der Waals surface area contributed by atoms with E-state index in [0.29, 0.717) is 197 Å². The van der Waals surface area contributed by atoms with Crippen LogP contribution in [-0.2, 0) is 38.1 Å². The molecule has 0 saturated carbocycles. The van der Waals surface area contributed by atoms with Crippen molar-refractivity contribution in [3.8, 4) is 0 Å². The van der Waals surface area contributed by atoms with Gasteiger partial charge in [-0.25, -0.2) is 18.0 Å². The number of rotatable bonds is 18. The number of aliphatic hydroxyl groups is 1. The van der Waals surface area contributed by atoms with Gasteiger partial charge in [-0.1, -0.05) is 144 Å². The van der Waals surface area contributed by atoms with Crippen molar-refractivity contribution < 1.29 is 95.1 Å². The third kappa shape index (κ3) is 32.2. The number of aryl methyl sites for hydroxylation is 2. The average molecular weight is 1890 g/mol. The SMILES string of the molecule is C=O.CC(=O)C1CCCN1C(=O)c1cc(F)cc(C(C)C)c1.CC(C)c1cc(F)cc(C(=O)N2CCCC2C(=O)CO)c1.CC(C)c1cc(F)cc(C(=O)N2CCCC2C(=O)O)c1.CC(C)c1ccc(C(=O)N2CCOCC2)c(Cl)c1.Cc1c(C(=O)N2CCOCC2)cccc1C(C)C.Cc1cc(C(=O)N2CCOCC2)cc(C(C)C)c1.Cc1ccc(C(=O)N2CCOCC2)cc1C(C)C. The summed E-state index contributed by atoms with van der Waals surface area (Å²) in [5.41, 5.74) is 14.5. The van der Waals surface area contributed by atoms with Crippen LogP contribution in [0.3, 0.4) is 0 Å². The Bertz CT molecular complexity index is 5070. The molecule has 7 aromatic carbocycles. The van der Waals surface area contributed by atoms with Crippen LogP contribution in [0.25, 0.3) is 0 Å². The van der Waals surface area contributed by atoms with Gasteiger partial charge in [0.05, 0.1) is 75.5 Å². The average Bonchev–Trinajstić information content (AvgIpc) is 1.72. The van der Waals surface area contributed by atoms with Crippen molar-refractivity contribution in [3.05, 3.63) is 244 Å². The smallest absolute Gasteiger partial charge is 0.326 e. The molecule has 7 fully saturated rings. The first-order chi connectivity index (χ1) is 64.1. The summed E-state index contributed by atoms with van der Waals surface area (Å²) >= 11 is 6.21. The number of Topliss-reactive ketones (excluding diaryl/α,β-unsaturated/α-hetero) is 2. The molecular weight excluding hydrogens is 1750 g/mol. The number of ether oxygens (including phenoxy) is 4. The van der Waals surface area contributed by atoms with Gasteiger partial charge < -0.3 is 68.3 Å². The van der Waals surface area contributed by atoms with Gasteiger partial charge in [0.2, 0.25) is 0 Å². The van der Waals surface area contributed by atoms with Crippen molar-refractivity contribution in [2.75, 3.05) is 131 Å². The molecule has 0 spiro atoms. The van der Waals surface area contributed by atoms with Crippen molar-refractivity contribution in [2.45, 2.75) is 223 Å². The number of aliphatic hydroxyl groups excluding tert-OH is 1. The number of carbonyl (C=O) groups excluding carboxylic acids is 10. The van der Waals surface area contributed by atoms with E-state index in [9.17, 15) is 61.1 Å². The van der Waals surface area contributed by atoms with Gasteiger partial charge in [0, 0.05) is 105 Å². The van der Waals surface area contributed by atoms with E-state index in [-0.39, 0.29) is 81.9 Å². The lowest BCUT2D eigenvalue weighted by atomic mass is 9.94. The Labute approximate surface area is 800 Å². The number of hydrogen-bond donors (Lipinski definition) is 2.